The van der Waals surface area contributed by atoms with Gasteiger partial charge in [0, 0.05) is 19.0 Å². The number of amides is 2. The lowest BCUT2D eigenvalue weighted by molar-refractivity contribution is -0.143. The van der Waals surface area contributed by atoms with E-state index >= 15 is 0 Å². The molecule has 1 N–H and O–H groups in total. The molecule has 1 atom stereocenters. The zero-order chi connectivity index (χ0) is 28.5. The highest BCUT2D eigenvalue weighted by Crippen LogP contribution is 2.25. The first kappa shape index (κ1) is 29.4. The van der Waals surface area contributed by atoms with Gasteiger partial charge in [0.1, 0.15) is 11.8 Å². The van der Waals surface area contributed by atoms with Crippen molar-refractivity contribution in [3.63, 3.8) is 0 Å². The molecular formula is C35H44N2O3. The number of hydrogen-bond acceptors (Lipinski definition) is 3. The highest BCUT2D eigenvalue weighted by atomic mass is 16.5. The number of hydrogen-bond donors (Lipinski definition) is 1. The van der Waals surface area contributed by atoms with Crippen LogP contribution in [0, 0.1) is 6.92 Å². The normalized spacial score (nSPS) is 14.8. The van der Waals surface area contributed by atoms with Gasteiger partial charge >= 0.3 is 0 Å². The molecule has 5 heteroatoms. The number of benzene rings is 3. The summed E-state index contributed by atoms with van der Waals surface area (Å²) in [7, 11) is 0. The minimum atomic E-state index is -0.649. The van der Waals surface area contributed by atoms with Crippen LogP contribution in [0.15, 0.2) is 78.9 Å². The number of carbonyl (C=O) groups is 2. The van der Waals surface area contributed by atoms with Gasteiger partial charge in [0.05, 0.1) is 0 Å². The highest BCUT2D eigenvalue weighted by Gasteiger charge is 2.32. The van der Waals surface area contributed by atoms with Crippen LogP contribution in [-0.2, 0) is 28.0 Å². The number of nitrogens with one attached hydrogen (secondary N) is 1. The van der Waals surface area contributed by atoms with Gasteiger partial charge in [-0.05, 0) is 54.0 Å². The Labute approximate surface area is 239 Å². The van der Waals surface area contributed by atoms with Gasteiger partial charge in [0.15, 0.2) is 6.61 Å². The van der Waals surface area contributed by atoms with Gasteiger partial charge in [-0.1, -0.05) is 112 Å². The van der Waals surface area contributed by atoms with Gasteiger partial charge in [-0.15, -0.1) is 0 Å². The Kier molecular flexibility index (Phi) is 10.0. The van der Waals surface area contributed by atoms with E-state index < -0.39 is 6.04 Å². The molecule has 1 fully saturated rings. The molecule has 3 aromatic rings. The third kappa shape index (κ3) is 8.45. The highest BCUT2D eigenvalue weighted by molar-refractivity contribution is 5.88. The molecule has 0 unspecified atom stereocenters. The number of rotatable bonds is 10. The summed E-state index contributed by atoms with van der Waals surface area (Å²) in [6, 6.07) is 25.5. The lowest BCUT2D eigenvalue weighted by Crippen LogP contribution is -2.53. The van der Waals surface area contributed by atoms with Crippen molar-refractivity contribution in [3.8, 4) is 5.75 Å². The Morgan fingerprint density at radius 1 is 0.900 bits per heavy atom. The quantitative estimate of drug-likeness (QED) is 0.309. The first-order chi connectivity index (χ1) is 19.2. The van der Waals surface area contributed by atoms with Crippen molar-refractivity contribution in [3.05, 3.63) is 101 Å². The second kappa shape index (κ2) is 13.6. The van der Waals surface area contributed by atoms with E-state index in [0.29, 0.717) is 18.7 Å². The molecule has 0 heterocycles. The monoisotopic (exact) mass is 540 g/mol. The van der Waals surface area contributed by atoms with Crippen LogP contribution in [0.3, 0.4) is 0 Å². The summed E-state index contributed by atoms with van der Waals surface area (Å²) in [6.45, 7) is 8.74. The fraction of sp³-hybridized carbons (Fsp3) is 0.429. The van der Waals surface area contributed by atoms with Crippen molar-refractivity contribution in [1.29, 1.82) is 0 Å². The summed E-state index contributed by atoms with van der Waals surface area (Å²) in [4.78, 5) is 29.5. The van der Waals surface area contributed by atoms with Gasteiger partial charge in [-0.25, -0.2) is 0 Å². The van der Waals surface area contributed by atoms with E-state index in [0.717, 1.165) is 42.4 Å². The lowest BCUT2D eigenvalue weighted by atomic mass is 9.87. The zero-order valence-electron chi connectivity index (χ0n) is 24.5. The molecule has 40 heavy (non-hydrogen) atoms. The van der Waals surface area contributed by atoms with Crippen LogP contribution in [0.4, 0.5) is 0 Å². The number of carbonyl (C=O) groups excluding carboxylic acids is 2. The molecule has 0 bridgehead atoms. The number of nitrogens with zero attached hydrogens (tertiary/aromatic N) is 1. The number of aryl methyl sites for hydroxylation is 1. The summed E-state index contributed by atoms with van der Waals surface area (Å²) in [5.74, 6) is 0.343. The van der Waals surface area contributed by atoms with E-state index in [1.54, 1.807) is 4.90 Å². The molecule has 1 saturated carbocycles. The third-order valence-corrected chi connectivity index (χ3v) is 7.74. The average molecular weight is 541 g/mol. The molecule has 5 nitrogen and oxygen atoms in total. The van der Waals surface area contributed by atoms with E-state index in [9.17, 15) is 9.59 Å². The molecule has 212 valence electrons. The molecule has 4 rings (SSSR count). The van der Waals surface area contributed by atoms with Gasteiger partial charge in [0.25, 0.3) is 5.91 Å². The first-order valence-corrected chi connectivity index (χ1v) is 14.6. The predicted molar refractivity (Wildman–Crippen MR) is 161 cm³/mol. The largest absolute Gasteiger partial charge is 0.484 e. The summed E-state index contributed by atoms with van der Waals surface area (Å²) in [5.41, 5.74) is 4.37. The van der Waals surface area contributed by atoms with Crippen LogP contribution in [0.1, 0.15) is 75.1 Å². The minimum Gasteiger partial charge on any atom is -0.484 e. The van der Waals surface area contributed by atoms with Gasteiger partial charge in [-0.3, -0.25) is 9.59 Å². The SMILES string of the molecule is Cc1cccc(CN(C(=O)COc2ccc(C(C)(C)C)cc2)[C@H](Cc2ccccc2)C(=O)NC2CCCCC2)c1. The topological polar surface area (TPSA) is 58.6 Å². The van der Waals surface area contributed by atoms with Crippen LogP contribution in [0.2, 0.25) is 0 Å². The predicted octanol–water partition coefficient (Wildman–Crippen LogP) is 6.76. The Morgan fingerprint density at radius 3 is 2.23 bits per heavy atom. The molecule has 0 saturated heterocycles. The average Bonchev–Trinajstić information content (AvgIpc) is 2.94. The van der Waals surface area contributed by atoms with Crippen LogP contribution >= 0.6 is 0 Å². The molecule has 0 aromatic heterocycles. The maximum atomic E-state index is 13.9. The molecule has 1 aliphatic rings. The fourth-order valence-corrected chi connectivity index (χ4v) is 5.38. The summed E-state index contributed by atoms with van der Waals surface area (Å²) >= 11 is 0. The zero-order valence-corrected chi connectivity index (χ0v) is 24.5. The first-order valence-electron chi connectivity index (χ1n) is 14.6. The summed E-state index contributed by atoms with van der Waals surface area (Å²) in [5, 5.41) is 3.29. The molecule has 0 spiro atoms. The standard InChI is InChI=1S/C35H44N2O3/c1-26-12-11-15-28(22-26)24-37(33(38)25-40-31-20-18-29(19-21-31)35(2,3)4)32(23-27-13-7-5-8-14-27)34(39)36-30-16-9-6-10-17-30/h5,7-8,11-15,18-22,30,32H,6,9-10,16-17,23-25H2,1-4H3,(H,36,39)/t32-/m1/s1. The molecule has 0 aliphatic heterocycles. The Hall–Kier alpha value is -3.60. The second-order valence-electron chi connectivity index (χ2n) is 12.1. The Morgan fingerprint density at radius 2 is 1.57 bits per heavy atom. The van der Waals surface area contributed by atoms with Crippen LogP contribution in [0.5, 0.6) is 5.75 Å². The second-order valence-corrected chi connectivity index (χ2v) is 12.1. The van der Waals surface area contributed by atoms with E-state index in [-0.39, 0.29) is 29.9 Å². The molecule has 2 amide bonds. The van der Waals surface area contributed by atoms with Crippen molar-refractivity contribution in [2.24, 2.45) is 0 Å². The smallest absolute Gasteiger partial charge is 0.261 e. The van der Waals surface area contributed by atoms with Crippen molar-refractivity contribution in [1.82, 2.24) is 10.2 Å². The lowest BCUT2D eigenvalue weighted by Gasteiger charge is -2.33. The van der Waals surface area contributed by atoms with Crippen LogP contribution in [0.25, 0.3) is 0 Å². The van der Waals surface area contributed by atoms with E-state index in [1.165, 1.54) is 12.0 Å². The maximum absolute atomic E-state index is 13.9. The van der Waals surface area contributed by atoms with Crippen molar-refractivity contribution in [2.75, 3.05) is 6.61 Å². The van der Waals surface area contributed by atoms with Gasteiger partial charge in [0.2, 0.25) is 5.91 Å². The Bertz CT molecular complexity index is 1240. The van der Waals surface area contributed by atoms with E-state index in [4.69, 9.17) is 4.74 Å². The summed E-state index contributed by atoms with van der Waals surface area (Å²) < 4.78 is 5.99. The van der Waals surface area contributed by atoms with Crippen molar-refractivity contribution in [2.45, 2.75) is 90.3 Å². The van der Waals surface area contributed by atoms with E-state index in [2.05, 4.69) is 32.2 Å². The minimum absolute atomic E-state index is 0.0370. The summed E-state index contributed by atoms with van der Waals surface area (Å²) in [6.07, 6.45) is 5.89. The molecule has 3 aromatic carbocycles. The molecule has 0 radical (unpaired) electrons. The molecule has 1 aliphatic carbocycles. The van der Waals surface area contributed by atoms with Gasteiger partial charge < -0.3 is 15.0 Å². The van der Waals surface area contributed by atoms with E-state index in [1.807, 2.05) is 79.7 Å². The maximum Gasteiger partial charge on any atom is 0.261 e. The third-order valence-electron chi connectivity index (χ3n) is 7.74. The van der Waals surface area contributed by atoms with Crippen molar-refractivity contribution >= 4 is 11.8 Å². The van der Waals surface area contributed by atoms with Crippen molar-refractivity contribution < 1.29 is 14.3 Å². The van der Waals surface area contributed by atoms with Gasteiger partial charge in [-0.2, -0.15) is 0 Å². The fourth-order valence-electron chi connectivity index (χ4n) is 5.38. The number of ether oxygens (including phenoxy) is 1. The van der Waals surface area contributed by atoms with Crippen LogP contribution < -0.4 is 10.1 Å². The van der Waals surface area contributed by atoms with Crippen LogP contribution in [-0.4, -0.2) is 35.4 Å². The Balaban J connectivity index is 1.59. The molecular weight excluding hydrogens is 496 g/mol.